The molecule has 0 amide bonds. The molecule has 1 N–H and O–H groups in total. The van der Waals surface area contributed by atoms with Crippen molar-refractivity contribution in [1.29, 1.82) is 5.41 Å². The summed E-state index contributed by atoms with van der Waals surface area (Å²) in [6.07, 6.45) is 1.90. The quantitative estimate of drug-likeness (QED) is 0.653. The van der Waals surface area contributed by atoms with Crippen LogP contribution in [0.15, 0.2) is 59.7 Å². The maximum absolute atomic E-state index is 8.03. The van der Waals surface area contributed by atoms with Crippen LogP contribution < -0.4 is 0 Å². The fraction of sp³-hybridized carbons (Fsp3) is 0.176. The van der Waals surface area contributed by atoms with E-state index in [1.54, 1.807) is 5.01 Å². The van der Waals surface area contributed by atoms with Crippen LogP contribution in [-0.2, 0) is 0 Å². The van der Waals surface area contributed by atoms with E-state index in [-0.39, 0.29) is 5.92 Å². The van der Waals surface area contributed by atoms with E-state index in [1.165, 1.54) is 17.3 Å². The maximum Gasteiger partial charge on any atom is 0.176 e. The average molecular weight is 330 g/mol. The zero-order valence-electron chi connectivity index (χ0n) is 12.2. The molecular weight excluding hydrogens is 314 g/mol. The van der Waals surface area contributed by atoms with E-state index in [0.717, 1.165) is 11.3 Å². The molecule has 2 aromatic carbocycles. The number of hydrogen-bond donors (Lipinski definition) is 1. The van der Waals surface area contributed by atoms with Crippen LogP contribution in [0.1, 0.15) is 17.0 Å². The van der Waals surface area contributed by atoms with Crippen molar-refractivity contribution in [2.24, 2.45) is 5.10 Å². The molecule has 1 unspecified atom stereocenters. The second kappa shape index (κ2) is 6.55. The Hall–Kier alpha value is -1.78. The number of nitrogens with zero attached hydrogens (tertiary/aromatic N) is 2. The number of nitrogens with one attached hydrogen (secondary N) is 1. The number of halogens is 1. The Kier molecular flexibility index (Phi) is 4.50. The van der Waals surface area contributed by atoms with Crippen LogP contribution in [-0.4, -0.2) is 28.7 Å². The molecule has 0 saturated carbocycles. The normalized spacial score (nSPS) is 17.5. The summed E-state index contributed by atoms with van der Waals surface area (Å²) in [7, 11) is 0. The SMILES string of the molecule is CSC(=N)N1CC(c2ccccc2)C(c2ccc(Cl)cc2)=N1. The van der Waals surface area contributed by atoms with Crippen molar-refractivity contribution in [2.45, 2.75) is 5.92 Å². The van der Waals surface area contributed by atoms with Crippen molar-refractivity contribution < 1.29 is 0 Å². The van der Waals surface area contributed by atoms with Gasteiger partial charge in [0, 0.05) is 10.9 Å². The molecule has 2 aromatic rings. The highest BCUT2D eigenvalue weighted by molar-refractivity contribution is 8.13. The second-order valence-electron chi connectivity index (χ2n) is 5.05. The number of hydrogen-bond acceptors (Lipinski definition) is 3. The molecule has 0 fully saturated rings. The van der Waals surface area contributed by atoms with Gasteiger partial charge in [-0.2, -0.15) is 5.10 Å². The Labute approximate surface area is 139 Å². The summed E-state index contributed by atoms with van der Waals surface area (Å²) in [6.45, 7) is 0.696. The molecule has 0 aromatic heterocycles. The second-order valence-corrected chi connectivity index (χ2v) is 6.28. The summed E-state index contributed by atoms with van der Waals surface area (Å²) in [4.78, 5) is 0. The van der Waals surface area contributed by atoms with Gasteiger partial charge in [0.25, 0.3) is 0 Å². The zero-order chi connectivity index (χ0) is 15.5. The van der Waals surface area contributed by atoms with Gasteiger partial charge >= 0.3 is 0 Å². The predicted octanol–water partition coefficient (Wildman–Crippen LogP) is 4.44. The largest absolute Gasteiger partial charge is 0.277 e. The molecule has 112 valence electrons. The maximum atomic E-state index is 8.03. The monoisotopic (exact) mass is 329 g/mol. The molecule has 1 atom stereocenters. The lowest BCUT2D eigenvalue weighted by Crippen LogP contribution is -2.22. The zero-order valence-corrected chi connectivity index (χ0v) is 13.7. The van der Waals surface area contributed by atoms with Crippen LogP contribution in [0.4, 0.5) is 0 Å². The van der Waals surface area contributed by atoms with Crippen LogP contribution >= 0.6 is 23.4 Å². The van der Waals surface area contributed by atoms with Gasteiger partial charge in [0.2, 0.25) is 0 Å². The number of benzene rings is 2. The minimum atomic E-state index is 0.162. The Morgan fingerprint density at radius 3 is 2.50 bits per heavy atom. The number of thioether (sulfide) groups is 1. The standard InChI is InChI=1S/C17H16ClN3S/c1-22-17(19)21-11-15(12-5-3-2-4-6-12)16(20-21)13-7-9-14(18)10-8-13/h2-10,15,19H,11H2,1H3. The Balaban J connectivity index is 2.00. The summed E-state index contributed by atoms with van der Waals surface area (Å²) in [5, 5.41) is 15.7. The van der Waals surface area contributed by atoms with Gasteiger partial charge < -0.3 is 0 Å². The fourth-order valence-corrected chi connectivity index (χ4v) is 3.01. The number of hydrazone groups is 1. The van der Waals surface area contributed by atoms with E-state index >= 15 is 0 Å². The van der Waals surface area contributed by atoms with E-state index in [4.69, 9.17) is 17.0 Å². The molecule has 3 rings (SSSR count). The van der Waals surface area contributed by atoms with Gasteiger partial charge in [0.1, 0.15) is 0 Å². The molecule has 22 heavy (non-hydrogen) atoms. The van der Waals surface area contributed by atoms with E-state index < -0.39 is 0 Å². The average Bonchev–Trinajstić information content (AvgIpc) is 3.01. The lowest BCUT2D eigenvalue weighted by atomic mass is 9.91. The molecular formula is C17H16ClN3S. The van der Waals surface area contributed by atoms with Gasteiger partial charge in [-0.25, -0.2) is 5.01 Å². The molecule has 1 aliphatic rings. The van der Waals surface area contributed by atoms with Gasteiger partial charge in [-0.05, 0) is 29.5 Å². The fourth-order valence-electron chi connectivity index (χ4n) is 2.56. The molecule has 0 spiro atoms. The first-order valence-electron chi connectivity index (χ1n) is 6.98. The summed E-state index contributed by atoms with van der Waals surface area (Å²) in [5.41, 5.74) is 3.25. The highest BCUT2D eigenvalue weighted by Gasteiger charge is 2.30. The summed E-state index contributed by atoms with van der Waals surface area (Å²) < 4.78 is 0. The summed E-state index contributed by atoms with van der Waals surface area (Å²) >= 11 is 7.39. The lowest BCUT2D eigenvalue weighted by Gasteiger charge is -2.15. The molecule has 0 saturated heterocycles. The molecule has 0 radical (unpaired) electrons. The third-order valence-electron chi connectivity index (χ3n) is 3.68. The van der Waals surface area contributed by atoms with E-state index in [1.807, 2.05) is 48.7 Å². The first-order valence-corrected chi connectivity index (χ1v) is 8.59. The third kappa shape index (κ3) is 3.03. The smallest absolute Gasteiger partial charge is 0.176 e. The van der Waals surface area contributed by atoms with Crippen LogP contribution in [0.5, 0.6) is 0 Å². The Morgan fingerprint density at radius 1 is 1.18 bits per heavy atom. The Bertz CT molecular complexity index is 698. The van der Waals surface area contributed by atoms with Gasteiger partial charge in [0.15, 0.2) is 5.17 Å². The van der Waals surface area contributed by atoms with Gasteiger partial charge in [0.05, 0.1) is 12.3 Å². The van der Waals surface area contributed by atoms with Crippen molar-refractivity contribution in [3.05, 3.63) is 70.7 Å². The van der Waals surface area contributed by atoms with E-state index in [2.05, 4.69) is 17.2 Å². The lowest BCUT2D eigenvalue weighted by molar-refractivity contribution is 0.482. The van der Waals surface area contributed by atoms with E-state index in [0.29, 0.717) is 16.7 Å². The number of amidine groups is 1. The molecule has 5 heteroatoms. The summed E-state index contributed by atoms with van der Waals surface area (Å²) in [6, 6.07) is 18.1. The molecule has 3 nitrogen and oxygen atoms in total. The third-order valence-corrected chi connectivity index (χ3v) is 4.53. The van der Waals surface area contributed by atoms with Gasteiger partial charge in [-0.15, -0.1) is 0 Å². The van der Waals surface area contributed by atoms with Crippen LogP contribution in [0.25, 0.3) is 0 Å². The topological polar surface area (TPSA) is 39.5 Å². The van der Waals surface area contributed by atoms with Crippen molar-refractivity contribution >= 4 is 34.2 Å². The predicted molar refractivity (Wildman–Crippen MR) is 95.1 cm³/mol. The van der Waals surface area contributed by atoms with Crippen molar-refractivity contribution in [3.63, 3.8) is 0 Å². The number of rotatable bonds is 2. The highest BCUT2D eigenvalue weighted by atomic mass is 35.5. The minimum absolute atomic E-state index is 0.162. The van der Waals surface area contributed by atoms with Gasteiger partial charge in [-0.1, -0.05) is 65.8 Å². The molecule has 1 heterocycles. The molecule has 0 aliphatic carbocycles. The highest BCUT2D eigenvalue weighted by Crippen LogP contribution is 2.30. The first-order chi connectivity index (χ1) is 10.7. The van der Waals surface area contributed by atoms with Crippen LogP contribution in [0.2, 0.25) is 5.02 Å². The Morgan fingerprint density at radius 2 is 1.86 bits per heavy atom. The van der Waals surface area contributed by atoms with Crippen LogP contribution in [0, 0.1) is 5.41 Å². The van der Waals surface area contributed by atoms with Crippen molar-refractivity contribution in [1.82, 2.24) is 5.01 Å². The summed E-state index contributed by atoms with van der Waals surface area (Å²) in [5.74, 6) is 0.162. The minimum Gasteiger partial charge on any atom is -0.277 e. The first kappa shape index (κ1) is 15.1. The van der Waals surface area contributed by atoms with Crippen molar-refractivity contribution in [3.8, 4) is 0 Å². The van der Waals surface area contributed by atoms with Crippen molar-refractivity contribution in [2.75, 3.05) is 12.8 Å². The van der Waals surface area contributed by atoms with E-state index in [9.17, 15) is 0 Å². The van der Waals surface area contributed by atoms with Crippen LogP contribution in [0.3, 0.4) is 0 Å². The van der Waals surface area contributed by atoms with Gasteiger partial charge in [-0.3, -0.25) is 5.41 Å². The molecule has 1 aliphatic heterocycles. The molecule has 0 bridgehead atoms.